The zero-order valence-corrected chi connectivity index (χ0v) is 13.6. The largest absolute Gasteiger partial charge is 0.435 e. The lowest BCUT2D eigenvalue weighted by Crippen LogP contribution is -2.23. The molecule has 0 saturated heterocycles. The highest BCUT2D eigenvalue weighted by molar-refractivity contribution is 9.10. The van der Waals surface area contributed by atoms with Gasteiger partial charge in [-0.05, 0) is 35.9 Å². The fraction of sp³-hybridized carbons (Fsp3) is 0.143. The summed E-state index contributed by atoms with van der Waals surface area (Å²) in [6.07, 6.45) is 0. The maximum atomic E-state index is 12.1. The maximum absolute atomic E-state index is 12.1. The van der Waals surface area contributed by atoms with Crippen molar-refractivity contribution < 1.29 is 21.9 Å². The van der Waals surface area contributed by atoms with Crippen LogP contribution in [0.15, 0.2) is 57.9 Å². The van der Waals surface area contributed by atoms with E-state index in [1.54, 1.807) is 12.1 Å². The van der Waals surface area contributed by atoms with Crippen LogP contribution in [0.2, 0.25) is 0 Å². The molecule has 0 bridgehead atoms. The molecule has 0 spiro atoms. The van der Waals surface area contributed by atoms with Crippen molar-refractivity contribution in [2.45, 2.75) is 18.1 Å². The molecule has 2 aromatic carbocycles. The predicted octanol–water partition coefficient (Wildman–Crippen LogP) is 3.53. The molecule has 2 rings (SSSR count). The molecule has 0 aliphatic carbocycles. The molecule has 0 saturated carbocycles. The average molecular weight is 392 g/mol. The van der Waals surface area contributed by atoms with Crippen molar-refractivity contribution in [2.24, 2.45) is 0 Å². The summed E-state index contributed by atoms with van der Waals surface area (Å²) in [6.45, 7) is -2.84. The topological polar surface area (TPSA) is 55.4 Å². The highest BCUT2D eigenvalue weighted by Gasteiger charge is 2.13. The summed E-state index contributed by atoms with van der Waals surface area (Å²) in [7, 11) is -3.64. The van der Waals surface area contributed by atoms with Gasteiger partial charge in [-0.15, -0.1) is 0 Å². The third kappa shape index (κ3) is 4.75. The molecular formula is C14H12BrF2NO3S. The number of ether oxygens (including phenoxy) is 1. The monoisotopic (exact) mass is 391 g/mol. The van der Waals surface area contributed by atoms with E-state index in [4.69, 9.17) is 0 Å². The molecule has 0 aliphatic rings. The standard InChI is InChI=1S/C14H12BrF2NO3S/c15-11-2-1-3-13(8-11)22(19,20)18-9-10-4-6-12(7-5-10)21-14(16)17/h1-8,14,18H,9H2. The van der Waals surface area contributed by atoms with Gasteiger partial charge in [-0.25, -0.2) is 13.1 Å². The maximum Gasteiger partial charge on any atom is 0.387 e. The molecule has 0 unspecified atom stereocenters. The van der Waals surface area contributed by atoms with Crippen LogP contribution in [0, 0.1) is 0 Å². The highest BCUT2D eigenvalue weighted by atomic mass is 79.9. The van der Waals surface area contributed by atoms with Gasteiger partial charge in [0.25, 0.3) is 0 Å². The van der Waals surface area contributed by atoms with Crippen molar-refractivity contribution >= 4 is 26.0 Å². The summed E-state index contributed by atoms with van der Waals surface area (Å²) in [6, 6.07) is 12.1. The van der Waals surface area contributed by atoms with E-state index < -0.39 is 16.6 Å². The fourth-order valence-corrected chi connectivity index (χ4v) is 3.30. The Hall–Kier alpha value is -1.51. The second-order valence-electron chi connectivity index (χ2n) is 4.30. The van der Waals surface area contributed by atoms with E-state index in [-0.39, 0.29) is 17.2 Å². The lowest BCUT2D eigenvalue weighted by atomic mass is 10.2. The lowest BCUT2D eigenvalue weighted by Gasteiger charge is -2.08. The zero-order chi connectivity index (χ0) is 16.2. The Labute approximate surface area is 135 Å². The van der Waals surface area contributed by atoms with Gasteiger partial charge in [-0.3, -0.25) is 0 Å². The first-order valence-corrected chi connectivity index (χ1v) is 8.43. The van der Waals surface area contributed by atoms with E-state index in [2.05, 4.69) is 25.4 Å². The number of halogens is 3. The molecule has 1 N–H and O–H groups in total. The molecule has 0 aromatic heterocycles. The fourth-order valence-electron chi connectivity index (χ4n) is 1.68. The number of hydrogen-bond donors (Lipinski definition) is 1. The van der Waals surface area contributed by atoms with Gasteiger partial charge in [0.15, 0.2) is 0 Å². The molecule has 0 aliphatic heterocycles. The van der Waals surface area contributed by atoms with Gasteiger partial charge in [0.1, 0.15) is 5.75 Å². The molecular weight excluding hydrogens is 380 g/mol. The molecule has 0 amide bonds. The second-order valence-corrected chi connectivity index (χ2v) is 6.99. The number of nitrogens with one attached hydrogen (secondary N) is 1. The van der Waals surface area contributed by atoms with E-state index in [0.717, 1.165) is 0 Å². The van der Waals surface area contributed by atoms with Crippen molar-refractivity contribution in [3.8, 4) is 5.75 Å². The smallest absolute Gasteiger partial charge is 0.387 e. The van der Waals surface area contributed by atoms with Crippen molar-refractivity contribution in [1.29, 1.82) is 0 Å². The van der Waals surface area contributed by atoms with Gasteiger partial charge in [-0.2, -0.15) is 8.78 Å². The van der Waals surface area contributed by atoms with Gasteiger partial charge in [0.2, 0.25) is 10.0 Å². The number of benzene rings is 2. The van der Waals surface area contributed by atoms with Crippen LogP contribution in [0.4, 0.5) is 8.78 Å². The quantitative estimate of drug-likeness (QED) is 0.819. The Morgan fingerprint density at radius 1 is 1.14 bits per heavy atom. The molecule has 4 nitrogen and oxygen atoms in total. The third-order valence-electron chi connectivity index (χ3n) is 2.72. The minimum atomic E-state index is -3.64. The number of alkyl halides is 2. The number of sulfonamides is 1. The van der Waals surface area contributed by atoms with Gasteiger partial charge in [0.05, 0.1) is 4.90 Å². The van der Waals surface area contributed by atoms with E-state index in [9.17, 15) is 17.2 Å². The van der Waals surface area contributed by atoms with E-state index in [1.807, 2.05) is 0 Å². The molecule has 0 heterocycles. The van der Waals surface area contributed by atoms with Crippen LogP contribution in [0.5, 0.6) is 5.75 Å². The Bertz CT molecular complexity index is 736. The Morgan fingerprint density at radius 3 is 2.41 bits per heavy atom. The molecule has 0 atom stereocenters. The second kappa shape index (κ2) is 7.17. The highest BCUT2D eigenvalue weighted by Crippen LogP contribution is 2.17. The van der Waals surface area contributed by atoms with Crippen molar-refractivity contribution in [3.63, 3.8) is 0 Å². The Balaban J connectivity index is 2.03. The van der Waals surface area contributed by atoms with Crippen LogP contribution >= 0.6 is 15.9 Å². The zero-order valence-electron chi connectivity index (χ0n) is 11.2. The van der Waals surface area contributed by atoms with Crippen molar-refractivity contribution in [3.05, 3.63) is 58.6 Å². The Kier molecular flexibility index (Phi) is 5.49. The first kappa shape index (κ1) is 16.9. The summed E-state index contributed by atoms with van der Waals surface area (Å²) >= 11 is 3.21. The molecule has 118 valence electrons. The third-order valence-corrected chi connectivity index (χ3v) is 4.61. The first-order chi connectivity index (χ1) is 10.4. The van der Waals surface area contributed by atoms with Gasteiger partial charge < -0.3 is 4.74 Å². The molecule has 0 radical (unpaired) electrons. The van der Waals surface area contributed by atoms with Crippen molar-refractivity contribution in [1.82, 2.24) is 4.72 Å². The van der Waals surface area contributed by atoms with Crippen LogP contribution in [0.1, 0.15) is 5.56 Å². The van der Waals surface area contributed by atoms with Crippen LogP contribution < -0.4 is 9.46 Å². The normalized spacial score (nSPS) is 11.6. The summed E-state index contributed by atoms with van der Waals surface area (Å²) < 4.78 is 55.6. The van der Waals surface area contributed by atoms with Crippen LogP contribution in [0.25, 0.3) is 0 Å². The van der Waals surface area contributed by atoms with Crippen molar-refractivity contribution in [2.75, 3.05) is 0 Å². The van der Waals surface area contributed by atoms with Crippen LogP contribution in [0.3, 0.4) is 0 Å². The summed E-state index contributed by atoms with van der Waals surface area (Å²) in [5.74, 6) is 0.0218. The van der Waals surface area contributed by atoms with Gasteiger partial charge in [0, 0.05) is 11.0 Å². The Morgan fingerprint density at radius 2 is 1.82 bits per heavy atom. The predicted molar refractivity (Wildman–Crippen MR) is 81.2 cm³/mol. The lowest BCUT2D eigenvalue weighted by molar-refractivity contribution is -0.0498. The first-order valence-electron chi connectivity index (χ1n) is 6.16. The van der Waals surface area contributed by atoms with Crippen LogP contribution in [-0.2, 0) is 16.6 Å². The SMILES string of the molecule is O=S(=O)(NCc1ccc(OC(F)F)cc1)c1cccc(Br)c1. The molecule has 8 heteroatoms. The minimum absolute atomic E-state index is 0.0218. The minimum Gasteiger partial charge on any atom is -0.435 e. The summed E-state index contributed by atoms with van der Waals surface area (Å²) in [5, 5.41) is 0. The van der Waals surface area contributed by atoms with E-state index >= 15 is 0 Å². The summed E-state index contributed by atoms with van der Waals surface area (Å²) in [5.41, 5.74) is 0.625. The number of rotatable bonds is 6. The summed E-state index contributed by atoms with van der Waals surface area (Å²) in [4.78, 5) is 0.138. The van der Waals surface area contributed by atoms with E-state index in [0.29, 0.717) is 10.0 Å². The van der Waals surface area contributed by atoms with Crippen LogP contribution in [-0.4, -0.2) is 15.0 Å². The average Bonchev–Trinajstić information content (AvgIpc) is 2.46. The van der Waals surface area contributed by atoms with Gasteiger partial charge in [-0.1, -0.05) is 34.1 Å². The number of hydrogen-bond acceptors (Lipinski definition) is 3. The van der Waals surface area contributed by atoms with E-state index in [1.165, 1.54) is 36.4 Å². The molecule has 0 fully saturated rings. The molecule has 2 aromatic rings. The molecule has 22 heavy (non-hydrogen) atoms. The van der Waals surface area contributed by atoms with Gasteiger partial charge >= 0.3 is 6.61 Å².